The van der Waals surface area contributed by atoms with Crippen molar-refractivity contribution in [3.63, 3.8) is 0 Å². The lowest BCUT2D eigenvalue weighted by Crippen LogP contribution is -2.01. The molecule has 0 saturated carbocycles. The molecule has 0 amide bonds. The molecule has 0 atom stereocenters. The van der Waals surface area contributed by atoms with E-state index in [0.717, 1.165) is 0 Å². The zero-order valence-electron chi connectivity index (χ0n) is 6.31. The minimum Gasteiger partial charge on any atom is -0.383 e. The van der Waals surface area contributed by atoms with Crippen LogP contribution in [0.15, 0.2) is 6.07 Å². The van der Waals surface area contributed by atoms with Gasteiger partial charge in [0.25, 0.3) is 6.43 Å². The zero-order valence-corrected chi connectivity index (χ0v) is 8.47. The SMILES string of the molecule is Cc1nc(N)c(C(F)F)cc1I. The molecule has 1 aromatic heterocycles. The third-order valence-electron chi connectivity index (χ3n) is 1.45. The maximum Gasteiger partial charge on any atom is 0.267 e. The standard InChI is InChI=1S/C7H7F2IN2/c1-3-5(10)2-4(6(8)9)7(11)12-3/h2,6H,1H3,(H2,11,12). The predicted octanol–water partition coefficient (Wildman–Crippen LogP) is 2.51. The summed E-state index contributed by atoms with van der Waals surface area (Å²) in [5, 5.41) is 0. The molecule has 0 bridgehead atoms. The fourth-order valence-electron chi connectivity index (χ4n) is 0.788. The second-order valence-electron chi connectivity index (χ2n) is 2.33. The van der Waals surface area contributed by atoms with E-state index in [0.29, 0.717) is 9.26 Å². The molecule has 66 valence electrons. The van der Waals surface area contributed by atoms with E-state index < -0.39 is 6.43 Å². The Hall–Kier alpha value is -0.460. The molecule has 0 aromatic carbocycles. The minimum absolute atomic E-state index is 0.0806. The van der Waals surface area contributed by atoms with Gasteiger partial charge in [0, 0.05) is 3.57 Å². The topological polar surface area (TPSA) is 38.9 Å². The lowest BCUT2D eigenvalue weighted by Gasteiger charge is -2.05. The lowest BCUT2D eigenvalue weighted by atomic mass is 10.2. The number of anilines is 1. The number of alkyl halides is 2. The summed E-state index contributed by atoms with van der Waals surface area (Å²) in [6.45, 7) is 1.73. The van der Waals surface area contributed by atoms with Crippen LogP contribution in [0.2, 0.25) is 0 Å². The Morgan fingerprint density at radius 3 is 2.67 bits per heavy atom. The maximum atomic E-state index is 12.2. The quantitative estimate of drug-likeness (QED) is 0.805. The van der Waals surface area contributed by atoms with Gasteiger partial charge in [0.15, 0.2) is 0 Å². The van der Waals surface area contributed by atoms with Crippen molar-refractivity contribution in [2.75, 3.05) is 5.73 Å². The summed E-state index contributed by atoms with van der Waals surface area (Å²) in [7, 11) is 0. The second kappa shape index (κ2) is 3.51. The van der Waals surface area contributed by atoms with Crippen molar-refractivity contribution >= 4 is 28.4 Å². The average molecular weight is 284 g/mol. The highest BCUT2D eigenvalue weighted by atomic mass is 127. The highest BCUT2D eigenvalue weighted by molar-refractivity contribution is 14.1. The van der Waals surface area contributed by atoms with Gasteiger partial charge in [0.1, 0.15) is 5.82 Å². The number of hydrogen-bond donors (Lipinski definition) is 1. The summed E-state index contributed by atoms with van der Waals surface area (Å²) >= 11 is 1.95. The molecule has 12 heavy (non-hydrogen) atoms. The van der Waals surface area contributed by atoms with E-state index in [1.807, 2.05) is 22.6 Å². The molecule has 2 N–H and O–H groups in total. The Bertz CT molecular complexity index is 302. The predicted molar refractivity (Wildman–Crippen MR) is 51.1 cm³/mol. The fourth-order valence-corrected chi connectivity index (χ4v) is 1.24. The van der Waals surface area contributed by atoms with Crippen LogP contribution in [0.25, 0.3) is 0 Å². The smallest absolute Gasteiger partial charge is 0.267 e. The van der Waals surface area contributed by atoms with Gasteiger partial charge in [0.05, 0.1) is 11.3 Å². The van der Waals surface area contributed by atoms with Gasteiger partial charge >= 0.3 is 0 Å². The first-order valence-electron chi connectivity index (χ1n) is 3.23. The van der Waals surface area contributed by atoms with E-state index in [-0.39, 0.29) is 11.4 Å². The molecule has 2 nitrogen and oxygen atoms in total. The van der Waals surface area contributed by atoms with Crippen LogP contribution in [0, 0.1) is 10.5 Å². The maximum absolute atomic E-state index is 12.2. The van der Waals surface area contributed by atoms with Crippen LogP contribution in [0.3, 0.4) is 0 Å². The molecular formula is C7H7F2IN2. The van der Waals surface area contributed by atoms with Crippen molar-refractivity contribution in [3.05, 3.63) is 20.9 Å². The number of halogens is 3. The molecule has 1 rings (SSSR count). The van der Waals surface area contributed by atoms with E-state index in [1.54, 1.807) is 6.92 Å². The molecule has 1 aromatic rings. The number of aromatic nitrogens is 1. The number of nitrogens with two attached hydrogens (primary N) is 1. The third kappa shape index (κ3) is 1.82. The van der Waals surface area contributed by atoms with Crippen LogP contribution in [-0.2, 0) is 0 Å². The first-order valence-corrected chi connectivity index (χ1v) is 4.31. The van der Waals surface area contributed by atoms with Crippen LogP contribution < -0.4 is 5.73 Å². The Morgan fingerprint density at radius 1 is 1.58 bits per heavy atom. The Balaban J connectivity index is 3.23. The Kier molecular flexibility index (Phi) is 2.81. The highest BCUT2D eigenvalue weighted by Gasteiger charge is 2.13. The minimum atomic E-state index is -2.55. The Morgan fingerprint density at radius 2 is 2.17 bits per heavy atom. The van der Waals surface area contributed by atoms with Crippen molar-refractivity contribution in [1.82, 2.24) is 4.98 Å². The normalized spacial score (nSPS) is 10.8. The summed E-state index contributed by atoms with van der Waals surface area (Å²) in [5.41, 5.74) is 5.79. The monoisotopic (exact) mass is 284 g/mol. The molecule has 1 heterocycles. The third-order valence-corrected chi connectivity index (χ3v) is 2.54. The Labute approximate surface area is 82.3 Å². The molecule has 0 fully saturated rings. The first-order chi connectivity index (χ1) is 5.52. The van der Waals surface area contributed by atoms with Crippen molar-refractivity contribution in [2.45, 2.75) is 13.3 Å². The molecule has 0 radical (unpaired) electrons. The van der Waals surface area contributed by atoms with Gasteiger partial charge in [-0.1, -0.05) is 0 Å². The van der Waals surface area contributed by atoms with Gasteiger partial charge in [-0.2, -0.15) is 0 Å². The van der Waals surface area contributed by atoms with Crippen molar-refractivity contribution < 1.29 is 8.78 Å². The number of nitrogens with zero attached hydrogens (tertiary/aromatic N) is 1. The van der Waals surface area contributed by atoms with Gasteiger partial charge < -0.3 is 5.73 Å². The van der Waals surface area contributed by atoms with E-state index in [1.165, 1.54) is 6.07 Å². The first kappa shape index (κ1) is 9.63. The molecule has 0 aliphatic carbocycles. The van der Waals surface area contributed by atoms with Crippen LogP contribution in [0.1, 0.15) is 17.7 Å². The van der Waals surface area contributed by atoms with E-state index in [9.17, 15) is 8.78 Å². The van der Waals surface area contributed by atoms with E-state index >= 15 is 0 Å². The molecular weight excluding hydrogens is 277 g/mol. The van der Waals surface area contributed by atoms with Gasteiger partial charge in [-0.3, -0.25) is 0 Å². The molecule has 5 heteroatoms. The summed E-state index contributed by atoms with van der Waals surface area (Å²) in [5.74, 6) is -0.0806. The van der Waals surface area contributed by atoms with Crippen molar-refractivity contribution in [1.29, 1.82) is 0 Å². The highest BCUT2D eigenvalue weighted by Crippen LogP contribution is 2.26. The number of rotatable bonds is 1. The van der Waals surface area contributed by atoms with Crippen LogP contribution in [0.4, 0.5) is 14.6 Å². The molecule has 0 aliphatic heterocycles. The lowest BCUT2D eigenvalue weighted by molar-refractivity contribution is 0.152. The summed E-state index contributed by atoms with van der Waals surface area (Å²) in [4.78, 5) is 3.78. The van der Waals surface area contributed by atoms with Crippen LogP contribution in [-0.4, -0.2) is 4.98 Å². The van der Waals surface area contributed by atoms with Gasteiger partial charge in [-0.05, 0) is 35.6 Å². The van der Waals surface area contributed by atoms with Crippen LogP contribution in [0.5, 0.6) is 0 Å². The summed E-state index contributed by atoms with van der Waals surface area (Å²) in [6, 6.07) is 1.36. The average Bonchev–Trinajstić information content (AvgIpc) is 1.96. The summed E-state index contributed by atoms with van der Waals surface area (Å²) in [6.07, 6.45) is -2.55. The van der Waals surface area contributed by atoms with Crippen LogP contribution >= 0.6 is 22.6 Å². The van der Waals surface area contributed by atoms with Gasteiger partial charge in [0.2, 0.25) is 0 Å². The molecule has 0 saturated heterocycles. The van der Waals surface area contributed by atoms with Gasteiger partial charge in [-0.15, -0.1) is 0 Å². The fraction of sp³-hybridized carbons (Fsp3) is 0.286. The molecule has 0 aliphatic rings. The number of nitrogen functional groups attached to an aromatic ring is 1. The van der Waals surface area contributed by atoms with Crippen molar-refractivity contribution in [2.24, 2.45) is 0 Å². The van der Waals surface area contributed by atoms with E-state index in [4.69, 9.17) is 5.73 Å². The number of aryl methyl sites for hydroxylation is 1. The zero-order chi connectivity index (χ0) is 9.30. The second-order valence-corrected chi connectivity index (χ2v) is 3.49. The van der Waals surface area contributed by atoms with E-state index in [2.05, 4.69) is 4.98 Å². The number of pyridine rings is 1. The largest absolute Gasteiger partial charge is 0.383 e. The van der Waals surface area contributed by atoms with Crippen molar-refractivity contribution in [3.8, 4) is 0 Å². The molecule has 0 unspecified atom stereocenters. The summed E-state index contributed by atoms with van der Waals surface area (Å²) < 4.78 is 25.1. The van der Waals surface area contributed by atoms with Gasteiger partial charge in [-0.25, -0.2) is 13.8 Å². The molecule has 0 spiro atoms. The number of hydrogen-bond acceptors (Lipinski definition) is 2.